The lowest BCUT2D eigenvalue weighted by Crippen LogP contribution is -2.32. The third kappa shape index (κ3) is 3.67. The Kier molecular flexibility index (Phi) is 4.43. The van der Waals surface area contributed by atoms with Crippen LogP contribution in [0.4, 0.5) is 4.39 Å². The molecule has 1 aromatic carbocycles. The van der Waals surface area contributed by atoms with Crippen LogP contribution in [0.5, 0.6) is 0 Å². The van der Waals surface area contributed by atoms with Gasteiger partial charge in [-0.05, 0) is 43.5 Å². The van der Waals surface area contributed by atoms with Crippen LogP contribution in [0.3, 0.4) is 0 Å². The normalized spacial score (nSPS) is 15.3. The summed E-state index contributed by atoms with van der Waals surface area (Å²) in [6, 6.07) is 8.75. The number of fused-ring (bicyclic) bond motifs is 1. The molecular formula is C18H16FN3OS2. The Morgan fingerprint density at radius 1 is 1.32 bits per heavy atom. The van der Waals surface area contributed by atoms with Crippen molar-refractivity contribution >= 4 is 39.2 Å². The van der Waals surface area contributed by atoms with Crippen molar-refractivity contribution in [1.29, 1.82) is 0 Å². The molecule has 1 atom stereocenters. The van der Waals surface area contributed by atoms with Crippen LogP contribution in [0.25, 0.3) is 20.7 Å². The number of hydrogen-bond donors (Lipinski definition) is 1. The van der Waals surface area contributed by atoms with E-state index < -0.39 is 0 Å². The summed E-state index contributed by atoms with van der Waals surface area (Å²) in [6.07, 6.45) is 3.68. The summed E-state index contributed by atoms with van der Waals surface area (Å²) in [4.78, 5) is 21.9. The Hall–Kier alpha value is -1.99. The number of carbonyl (C=O) groups excluding carboxylic acids is 1. The fourth-order valence-electron chi connectivity index (χ4n) is 2.44. The summed E-state index contributed by atoms with van der Waals surface area (Å²) in [5.74, 6) is -0.203. The van der Waals surface area contributed by atoms with Gasteiger partial charge in [0.1, 0.15) is 17.2 Å². The van der Waals surface area contributed by atoms with E-state index in [1.165, 1.54) is 30.2 Å². The first-order valence-electron chi connectivity index (χ1n) is 8.07. The van der Waals surface area contributed by atoms with Crippen LogP contribution in [-0.2, 0) is 4.79 Å². The molecule has 2 aromatic heterocycles. The van der Waals surface area contributed by atoms with Gasteiger partial charge in [0.15, 0.2) is 0 Å². The van der Waals surface area contributed by atoms with Gasteiger partial charge in [-0.25, -0.2) is 14.4 Å². The Bertz CT molecular complexity index is 922. The summed E-state index contributed by atoms with van der Waals surface area (Å²) < 4.78 is 14.1. The molecule has 1 amide bonds. The maximum Gasteiger partial charge on any atom is 0.233 e. The number of hydrogen-bond acceptors (Lipinski definition) is 5. The first-order chi connectivity index (χ1) is 12.1. The van der Waals surface area contributed by atoms with E-state index in [0.717, 1.165) is 38.5 Å². The highest BCUT2D eigenvalue weighted by Crippen LogP contribution is 2.38. The van der Waals surface area contributed by atoms with Gasteiger partial charge in [-0.15, -0.1) is 11.3 Å². The predicted molar refractivity (Wildman–Crippen MR) is 99.3 cm³/mol. The monoisotopic (exact) mass is 373 g/mol. The molecule has 3 aromatic rings. The first-order valence-corrected chi connectivity index (χ1v) is 9.77. The van der Waals surface area contributed by atoms with Crippen LogP contribution < -0.4 is 5.32 Å². The smallest absolute Gasteiger partial charge is 0.233 e. The number of amides is 1. The number of carbonyl (C=O) groups is 1. The fourth-order valence-corrected chi connectivity index (χ4v) is 4.54. The molecule has 7 heteroatoms. The van der Waals surface area contributed by atoms with Gasteiger partial charge in [0.05, 0.1) is 15.5 Å². The molecule has 1 saturated carbocycles. The van der Waals surface area contributed by atoms with Crippen molar-refractivity contribution in [2.45, 2.75) is 36.1 Å². The number of benzene rings is 1. The number of thioether (sulfide) groups is 1. The summed E-state index contributed by atoms with van der Waals surface area (Å²) in [5.41, 5.74) is 1.79. The highest BCUT2D eigenvalue weighted by atomic mass is 32.2. The Morgan fingerprint density at radius 2 is 2.08 bits per heavy atom. The van der Waals surface area contributed by atoms with Crippen molar-refractivity contribution in [3.63, 3.8) is 0 Å². The molecule has 25 heavy (non-hydrogen) atoms. The van der Waals surface area contributed by atoms with Crippen molar-refractivity contribution in [3.05, 3.63) is 42.5 Å². The summed E-state index contributed by atoms with van der Waals surface area (Å²) >= 11 is 3.01. The number of rotatable bonds is 5. The predicted octanol–water partition coefficient (Wildman–Crippen LogP) is 4.26. The third-order valence-electron chi connectivity index (χ3n) is 3.99. The molecule has 0 radical (unpaired) electrons. The lowest BCUT2D eigenvalue weighted by molar-refractivity contribution is -0.120. The lowest BCUT2D eigenvalue weighted by atomic mass is 10.2. The van der Waals surface area contributed by atoms with E-state index in [1.807, 2.05) is 13.0 Å². The molecule has 1 fully saturated rings. The molecule has 1 aliphatic rings. The summed E-state index contributed by atoms with van der Waals surface area (Å²) in [7, 11) is 0. The van der Waals surface area contributed by atoms with E-state index in [0.29, 0.717) is 6.04 Å². The third-order valence-corrected chi connectivity index (χ3v) is 6.40. The largest absolute Gasteiger partial charge is 0.352 e. The van der Waals surface area contributed by atoms with Crippen molar-refractivity contribution in [2.24, 2.45) is 0 Å². The number of halogens is 1. The van der Waals surface area contributed by atoms with Gasteiger partial charge in [-0.2, -0.15) is 0 Å². The Labute approximate surface area is 152 Å². The molecular weight excluding hydrogens is 357 g/mol. The van der Waals surface area contributed by atoms with Crippen molar-refractivity contribution in [3.8, 4) is 10.4 Å². The van der Waals surface area contributed by atoms with E-state index >= 15 is 0 Å². The Morgan fingerprint density at radius 3 is 2.80 bits per heavy atom. The zero-order valence-electron chi connectivity index (χ0n) is 13.5. The van der Waals surface area contributed by atoms with Crippen molar-refractivity contribution < 1.29 is 9.18 Å². The van der Waals surface area contributed by atoms with E-state index in [-0.39, 0.29) is 17.0 Å². The van der Waals surface area contributed by atoms with E-state index in [1.54, 1.807) is 23.5 Å². The van der Waals surface area contributed by atoms with Gasteiger partial charge >= 0.3 is 0 Å². The minimum atomic E-state index is -0.253. The van der Waals surface area contributed by atoms with Crippen molar-refractivity contribution in [2.75, 3.05) is 0 Å². The number of nitrogens with one attached hydrogen (secondary N) is 1. The standard InChI is InChI=1S/C18H16FN3OS2/c1-10(17(23)22-13-6-7-13)24-18-16-14(20-9-21-18)8-15(25-16)11-2-4-12(19)5-3-11/h2-5,8-10,13H,6-7H2,1H3,(H,22,23)/t10-/m0/s1. The second-order valence-corrected chi connectivity index (χ2v) is 8.44. The molecule has 0 unspecified atom stereocenters. The SMILES string of the molecule is C[C@H](Sc1ncnc2cc(-c3ccc(F)cc3)sc12)C(=O)NC1CC1. The summed E-state index contributed by atoms with van der Waals surface area (Å²) in [6.45, 7) is 1.89. The van der Waals surface area contributed by atoms with Crippen LogP contribution in [0.15, 0.2) is 41.7 Å². The average molecular weight is 373 g/mol. The quantitative estimate of drug-likeness (QED) is 0.536. The fraction of sp³-hybridized carbons (Fsp3) is 0.278. The molecule has 2 heterocycles. The molecule has 0 spiro atoms. The lowest BCUT2D eigenvalue weighted by Gasteiger charge is -2.10. The molecule has 0 bridgehead atoms. The minimum absolute atomic E-state index is 0.0505. The van der Waals surface area contributed by atoms with Gasteiger partial charge < -0.3 is 5.32 Å². The molecule has 0 aliphatic heterocycles. The molecule has 4 nitrogen and oxygen atoms in total. The van der Waals surface area contributed by atoms with Gasteiger partial charge in [-0.3, -0.25) is 4.79 Å². The zero-order valence-corrected chi connectivity index (χ0v) is 15.2. The maximum absolute atomic E-state index is 13.1. The molecule has 0 saturated heterocycles. The Balaban J connectivity index is 1.60. The highest BCUT2D eigenvalue weighted by Gasteiger charge is 2.26. The first kappa shape index (κ1) is 16.5. The van der Waals surface area contributed by atoms with E-state index in [4.69, 9.17) is 0 Å². The molecule has 128 valence electrons. The average Bonchev–Trinajstić information content (AvgIpc) is 3.30. The zero-order chi connectivity index (χ0) is 17.4. The number of thiophene rings is 1. The van der Waals surface area contributed by atoms with Crippen LogP contribution in [0.1, 0.15) is 19.8 Å². The highest BCUT2D eigenvalue weighted by molar-refractivity contribution is 8.00. The minimum Gasteiger partial charge on any atom is -0.352 e. The van der Waals surface area contributed by atoms with Gasteiger partial charge in [0, 0.05) is 10.9 Å². The molecule has 1 aliphatic carbocycles. The second-order valence-electron chi connectivity index (χ2n) is 6.05. The van der Waals surface area contributed by atoms with Gasteiger partial charge in [-0.1, -0.05) is 23.9 Å². The number of nitrogens with zero attached hydrogens (tertiary/aromatic N) is 2. The van der Waals surface area contributed by atoms with Crippen LogP contribution in [-0.4, -0.2) is 27.2 Å². The number of aromatic nitrogens is 2. The van der Waals surface area contributed by atoms with E-state index in [9.17, 15) is 9.18 Å². The van der Waals surface area contributed by atoms with E-state index in [2.05, 4.69) is 15.3 Å². The summed E-state index contributed by atoms with van der Waals surface area (Å²) in [5, 5.41) is 3.62. The van der Waals surface area contributed by atoms with Gasteiger partial charge in [0.2, 0.25) is 5.91 Å². The topological polar surface area (TPSA) is 54.9 Å². The van der Waals surface area contributed by atoms with Crippen LogP contribution >= 0.6 is 23.1 Å². The molecule has 4 rings (SSSR count). The second kappa shape index (κ2) is 6.72. The van der Waals surface area contributed by atoms with Crippen LogP contribution in [0.2, 0.25) is 0 Å². The van der Waals surface area contributed by atoms with Crippen molar-refractivity contribution in [1.82, 2.24) is 15.3 Å². The molecule has 1 N–H and O–H groups in total. The maximum atomic E-state index is 13.1. The van der Waals surface area contributed by atoms with Crippen LogP contribution in [0, 0.1) is 5.82 Å². The van der Waals surface area contributed by atoms with Gasteiger partial charge in [0.25, 0.3) is 0 Å².